The summed E-state index contributed by atoms with van der Waals surface area (Å²) in [5, 5.41) is 10.7. The van der Waals surface area contributed by atoms with Crippen molar-refractivity contribution in [2.75, 3.05) is 18.5 Å². The Morgan fingerprint density at radius 3 is 2.92 bits per heavy atom. The van der Waals surface area contributed by atoms with E-state index >= 15 is 0 Å². The van der Waals surface area contributed by atoms with Gasteiger partial charge in [0, 0.05) is 31.8 Å². The van der Waals surface area contributed by atoms with Gasteiger partial charge in [-0.05, 0) is 18.9 Å². The van der Waals surface area contributed by atoms with Crippen LogP contribution in [0.3, 0.4) is 0 Å². The van der Waals surface area contributed by atoms with Crippen LogP contribution in [0.2, 0.25) is 0 Å². The summed E-state index contributed by atoms with van der Waals surface area (Å²) in [5.74, 6) is 0.0444. The van der Waals surface area contributed by atoms with Gasteiger partial charge in [-0.25, -0.2) is 0 Å². The molecule has 1 amide bonds. The first-order valence-electron chi connectivity index (χ1n) is 7.85. The van der Waals surface area contributed by atoms with Crippen molar-refractivity contribution in [2.24, 2.45) is 7.05 Å². The number of halogens is 3. The zero-order valence-electron chi connectivity index (χ0n) is 13.6. The lowest BCUT2D eigenvalue weighted by atomic mass is 9.99. The van der Waals surface area contributed by atoms with Gasteiger partial charge in [0.15, 0.2) is 5.69 Å². The zero-order chi connectivity index (χ0) is 18.0. The molecule has 10 heteroatoms. The lowest BCUT2D eigenvalue weighted by molar-refractivity contribution is -0.142. The molecule has 1 unspecified atom stereocenters. The highest BCUT2D eigenvalue weighted by atomic mass is 19.4. The van der Waals surface area contributed by atoms with Crippen LogP contribution in [-0.2, 0) is 18.3 Å². The highest BCUT2D eigenvalue weighted by molar-refractivity contribution is 6.02. The average Bonchev–Trinajstić information content (AvgIpc) is 3.14. The maximum absolute atomic E-state index is 12.3. The maximum atomic E-state index is 12.3. The van der Waals surface area contributed by atoms with Crippen LogP contribution in [0, 0.1) is 0 Å². The molecule has 0 bridgehead atoms. The second-order valence-electron chi connectivity index (χ2n) is 5.96. The summed E-state index contributed by atoms with van der Waals surface area (Å²) in [6, 6.07) is 3.00. The summed E-state index contributed by atoms with van der Waals surface area (Å²) in [5.41, 5.74) is 0.730. The summed E-state index contributed by atoms with van der Waals surface area (Å²) >= 11 is 0. The van der Waals surface area contributed by atoms with Gasteiger partial charge in [0.1, 0.15) is 12.4 Å². The molecule has 1 saturated heterocycles. The number of carbonyl (C=O) groups excluding carboxylic acids is 1. The van der Waals surface area contributed by atoms with E-state index in [1.807, 2.05) is 0 Å². The molecule has 3 heterocycles. The van der Waals surface area contributed by atoms with E-state index in [9.17, 15) is 18.0 Å². The average molecular weight is 357 g/mol. The van der Waals surface area contributed by atoms with Gasteiger partial charge >= 0.3 is 6.18 Å². The Morgan fingerprint density at radius 1 is 1.44 bits per heavy atom. The molecule has 2 aromatic rings. The summed E-state index contributed by atoms with van der Waals surface area (Å²) < 4.78 is 44.7. The van der Waals surface area contributed by atoms with Crippen molar-refractivity contribution in [2.45, 2.75) is 31.5 Å². The standard InChI is InChI=1S/C15H18F3N5O2/c1-22-13(7-12(20-22)10-3-2-6-25-8-10)19-14(24)11-4-5-23(21-11)9-15(16,17)18/h4-5,7,10H,2-3,6,8-9H2,1H3,(H,19,24). The molecule has 1 N–H and O–H groups in total. The molecule has 1 aliphatic rings. The van der Waals surface area contributed by atoms with Gasteiger partial charge in [-0.15, -0.1) is 0 Å². The largest absolute Gasteiger partial charge is 0.408 e. The second-order valence-corrected chi connectivity index (χ2v) is 5.96. The highest BCUT2D eigenvalue weighted by Gasteiger charge is 2.29. The lowest BCUT2D eigenvalue weighted by Gasteiger charge is -2.19. The van der Waals surface area contributed by atoms with Crippen LogP contribution in [0.5, 0.6) is 0 Å². The van der Waals surface area contributed by atoms with Crippen LogP contribution in [0.15, 0.2) is 18.3 Å². The van der Waals surface area contributed by atoms with Gasteiger partial charge in [0.05, 0.1) is 12.3 Å². The Bertz CT molecular complexity index is 747. The number of hydrogen-bond donors (Lipinski definition) is 1. The van der Waals surface area contributed by atoms with Crippen LogP contribution >= 0.6 is 0 Å². The van der Waals surface area contributed by atoms with Crippen molar-refractivity contribution < 1.29 is 22.7 Å². The van der Waals surface area contributed by atoms with E-state index < -0.39 is 18.6 Å². The molecule has 0 aromatic carbocycles. The van der Waals surface area contributed by atoms with Crippen molar-refractivity contribution >= 4 is 11.7 Å². The minimum Gasteiger partial charge on any atom is -0.381 e. The molecule has 3 rings (SSSR count). The van der Waals surface area contributed by atoms with Crippen LogP contribution < -0.4 is 5.32 Å². The fourth-order valence-electron chi connectivity index (χ4n) is 2.71. The third-order valence-corrected chi connectivity index (χ3v) is 3.93. The van der Waals surface area contributed by atoms with Crippen molar-refractivity contribution in [1.29, 1.82) is 0 Å². The number of amides is 1. The second kappa shape index (κ2) is 6.87. The van der Waals surface area contributed by atoms with Crippen LogP contribution in [0.1, 0.15) is 34.9 Å². The van der Waals surface area contributed by atoms with Gasteiger partial charge in [0.25, 0.3) is 5.91 Å². The summed E-state index contributed by atoms with van der Waals surface area (Å²) in [6.45, 7) is 0.0948. The van der Waals surface area contributed by atoms with Crippen molar-refractivity contribution in [3.8, 4) is 0 Å². The molecule has 25 heavy (non-hydrogen) atoms. The number of nitrogens with zero attached hydrogens (tertiary/aromatic N) is 4. The van der Waals surface area contributed by atoms with Crippen LogP contribution in [0.25, 0.3) is 0 Å². The fraction of sp³-hybridized carbons (Fsp3) is 0.533. The van der Waals surface area contributed by atoms with E-state index in [-0.39, 0.29) is 11.6 Å². The SMILES string of the molecule is Cn1nc(C2CCCOC2)cc1NC(=O)c1ccn(CC(F)(F)F)n1. The van der Waals surface area contributed by atoms with Crippen molar-refractivity contribution in [3.63, 3.8) is 0 Å². The summed E-state index contributed by atoms with van der Waals surface area (Å²) in [6.07, 6.45) is -1.35. The van der Waals surface area contributed by atoms with Gasteiger partial charge in [-0.3, -0.25) is 14.2 Å². The molecule has 136 valence electrons. The topological polar surface area (TPSA) is 74.0 Å². The predicted octanol–water partition coefficient (Wildman–Crippen LogP) is 2.33. The Labute approximate surface area is 141 Å². The number of hydrogen-bond acceptors (Lipinski definition) is 4. The maximum Gasteiger partial charge on any atom is 0.408 e. The normalized spacial score (nSPS) is 18.3. The van der Waals surface area contributed by atoms with Gasteiger partial charge in [-0.1, -0.05) is 0 Å². The molecule has 0 spiro atoms. The molecule has 1 atom stereocenters. The molecular weight excluding hydrogens is 339 g/mol. The van der Waals surface area contributed by atoms with E-state index in [0.29, 0.717) is 17.1 Å². The first-order valence-corrected chi connectivity index (χ1v) is 7.85. The van der Waals surface area contributed by atoms with Crippen molar-refractivity contribution in [1.82, 2.24) is 19.6 Å². The van der Waals surface area contributed by atoms with E-state index in [1.165, 1.54) is 10.7 Å². The van der Waals surface area contributed by atoms with Crippen LogP contribution in [-0.4, -0.2) is 44.9 Å². The number of ether oxygens (including phenoxy) is 1. The van der Waals surface area contributed by atoms with E-state index in [2.05, 4.69) is 15.5 Å². The number of alkyl halides is 3. The first kappa shape index (κ1) is 17.5. The lowest BCUT2D eigenvalue weighted by Crippen LogP contribution is -2.19. The van der Waals surface area contributed by atoms with Gasteiger partial charge in [-0.2, -0.15) is 23.4 Å². The number of nitrogens with one attached hydrogen (secondary N) is 1. The Morgan fingerprint density at radius 2 is 2.24 bits per heavy atom. The fourth-order valence-corrected chi connectivity index (χ4v) is 2.71. The minimum absolute atomic E-state index is 0.0898. The Balaban J connectivity index is 1.67. The van der Waals surface area contributed by atoms with E-state index in [0.717, 1.165) is 31.3 Å². The molecule has 7 nitrogen and oxygen atoms in total. The molecule has 0 aliphatic carbocycles. The predicted molar refractivity (Wildman–Crippen MR) is 82.2 cm³/mol. The molecule has 2 aromatic heterocycles. The third-order valence-electron chi connectivity index (χ3n) is 3.93. The summed E-state index contributed by atoms with van der Waals surface area (Å²) in [7, 11) is 1.69. The van der Waals surface area contributed by atoms with Crippen molar-refractivity contribution in [3.05, 3.63) is 29.7 Å². The summed E-state index contributed by atoms with van der Waals surface area (Å²) in [4.78, 5) is 12.2. The molecular formula is C15H18F3N5O2. The monoisotopic (exact) mass is 357 g/mol. The van der Waals surface area contributed by atoms with Gasteiger partial charge < -0.3 is 10.1 Å². The first-order chi connectivity index (χ1) is 11.8. The smallest absolute Gasteiger partial charge is 0.381 e. The highest BCUT2D eigenvalue weighted by Crippen LogP contribution is 2.26. The zero-order valence-corrected chi connectivity index (χ0v) is 13.6. The van der Waals surface area contributed by atoms with Crippen LogP contribution in [0.4, 0.5) is 19.0 Å². The molecule has 0 radical (unpaired) electrons. The molecule has 0 saturated carbocycles. The Hall–Kier alpha value is -2.36. The minimum atomic E-state index is -4.39. The quantitative estimate of drug-likeness (QED) is 0.911. The number of rotatable bonds is 4. The number of anilines is 1. The number of aryl methyl sites for hydroxylation is 1. The molecule has 1 aliphatic heterocycles. The Kier molecular flexibility index (Phi) is 4.80. The number of carbonyl (C=O) groups is 1. The number of aromatic nitrogens is 4. The van der Waals surface area contributed by atoms with Gasteiger partial charge in [0.2, 0.25) is 0 Å². The third kappa shape index (κ3) is 4.38. The molecule has 1 fully saturated rings. The van der Waals surface area contributed by atoms with E-state index in [1.54, 1.807) is 13.1 Å². The van der Waals surface area contributed by atoms with E-state index in [4.69, 9.17) is 4.74 Å².